The average Bonchev–Trinajstić information content (AvgIpc) is 2.16. The van der Waals surface area contributed by atoms with E-state index in [0.717, 1.165) is 12.8 Å². The van der Waals surface area contributed by atoms with Crippen LogP contribution in [0.5, 0.6) is 0 Å². The molecule has 1 fully saturated rings. The van der Waals surface area contributed by atoms with Gasteiger partial charge in [-0.05, 0) is 12.8 Å². The van der Waals surface area contributed by atoms with E-state index < -0.39 is 0 Å². The second-order valence-corrected chi connectivity index (χ2v) is 3.04. The van der Waals surface area contributed by atoms with Crippen LogP contribution in [0, 0.1) is 6.42 Å². The fraction of sp³-hybridized carbons (Fsp3) is 0.889. The van der Waals surface area contributed by atoms with E-state index in [9.17, 15) is 0 Å². The van der Waals surface area contributed by atoms with Crippen LogP contribution in [0.15, 0.2) is 0 Å². The number of hydrogen-bond acceptors (Lipinski definition) is 3. The van der Waals surface area contributed by atoms with Crippen molar-refractivity contribution in [1.29, 1.82) is 0 Å². The molecule has 0 heterocycles. The third kappa shape index (κ3) is 2.19. The molecule has 0 aliphatic heterocycles. The molecule has 1 aliphatic rings. The first-order chi connectivity index (χ1) is 5.81. The van der Waals surface area contributed by atoms with Gasteiger partial charge in [0.15, 0.2) is 0 Å². The highest BCUT2D eigenvalue weighted by Gasteiger charge is 2.30. The maximum Gasteiger partial charge on any atom is 0.0866 e. The van der Waals surface area contributed by atoms with Crippen molar-refractivity contribution in [3.63, 3.8) is 0 Å². The van der Waals surface area contributed by atoms with Crippen LogP contribution in [-0.2, 0) is 14.2 Å². The summed E-state index contributed by atoms with van der Waals surface area (Å²) in [7, 11) is 5.15. The minimum Gasteiger partial charge on any atom is -0.381 e. The zero-order chi connectivity index (χ0) is 8.97. The highest BCUT2D eigenvalue weighted by Crippen LogP contribution is 2.24. The lowest BCUT2D eigenvalue weighted by Gasteiger charge is -2.33. The Hall–Kier alpha value is -0.120. The van der Waals surface area contributed by atoms with Gasteiger partial charge in [0.1, 0.15) is 0 Å². The zero-order valence-electron chi connectivity index (χ0n) is 7.95. The highest BCUT2D eigenvalue weighted by molar-refractivity contribution is 4.93. The first-order valence-corrected chi connectivity index (χ1v) is 4.23. The molecule has 0 spiro atoms. The molecule has 3 unspecified atom stereocenters. The van der Waals surface area contributed by atoms with Crippen LogP contribution in [0.25, 0.3) is 0 Å². The van der Waals surface area contributed by atoms with Crippen molar-refractivity contribution in [2.45, 2.75) is 31.2 Å². The zero-order valence-corrected chi connectivity index (χ0v) is 7.95. The van der Waals surface area contributed by atoms with E-state index in [4.69, 9.17) is 14.2 Å². The summed E-state index contributed by atoms with van der Waals surface area (Å²) in [6.45, 7) is 0. The molecule has 0 N–H and O–H groups in total. The van der Waals surface area contributed by atoms with Gasteiger partial charge in [-0.3, -0.25) is 0 Å². The van der Waals surface area contributed by atoms with Crippen LogP contribution in [0.1, 0.15) is 12.8 Å². The molecule has 71 valence electrons. The Kier molecular flexibility index (Phi) is 3.98. The normalized spacial score (nSPS) is 36.8. The van der Waals surface area contributed by atoms with Crippen LogP contribution in [-0.4, -0.2) is 39.6 Å². The minimum absolute atomic E-state index is 0.126. The van der Waals surface area contributed by atoms with Crippen molar-refractivity contribution in [3.05, 3.63) is 6.42 Å². The first kappa shape index (κ1) is 9.96. The van der Waals surface area contributed by atoms with Gasteiger partial charge in [-0.25, -0.2) is 0 Å². The smallest absolute Gasteiger partial charge is 0.0866 e. The van der Waals surface area contributed by atoms with Gasteiger partial charge in [-0.1, -0.05) is 0 Å². The van der Waals surface area contributed by atoms with E-state index >= 15 is 0 Å². The summed E-state index contributed by atoms with van der Waals surface area (Å²) in [4.78, 5) is 0. The minimum atomic E-state index is 0.126. The third-order valence-electron chi connectivity index (χ3n) is 2.40. The Morgan fingerprint density at radius 1 is 1.08 bits per heavy atom. The van der Waals surface area contributed by atoms with Crippen molar-refractivity contribution in [1.82, 2.24) is 0 Å². The molecule has 0 aromatic carbocycles. The molecule has 0 amide bonds. The summed E-state index contributed by atoms with van der Waals surface area (Å²) in [5, 5.41) is 0. The third-order valence-corrected chi connectivity index (χ3v) is 2.40. The molecular weight excluding hydrogens is 156 g/mol. The number of ether oxygens (including phenoxy) is 3. The molecule has 0 saturated heterocycles. The van der Waals surface area contributed by atoms with Gasteiger partial charge in [0.2, 0.25) is 0 Å². The van der Waals surface area contributed by atoms with Crippen molar-refractivity contribution < 1.29 is 14.2 Å². The second-order valence-electron chi connectivity index (χ2n) is 3.04. The Bertz CT molecular complexity index is 127. The topological polar surface area (TPSA) is 27.7 Å². The molecule has 1 radical (unpaired) electrons. The van der Waals surface area contributed by atoms with E-state index in [2.05, 4.69) is 6.42 Å². The number of rotatable bonds is 3. The Morgan fingerprint density at radius 3 is 2.33 bits per heavy atom. The largest absolute Gasteiger partial charge is 0.381 e. The fourth-order valence-corrected chi connectivity index (χ4v) is 1.60. The Balaban J connectivity index is 2.41. The number of hydrogen-bond donors (Lipinski definition) is 0. The molecule has 1 aliphatic carbocycles. The Labute approximate surface area is 74.0 Å². The van der Waals surface area contributed by atoms with Crippen molar-refractivity contribution >= 4 is 0 Å². The summed E-state index contributed by atoms with van der Waals surface area (Å²) in [5.74, 6) is 0. The van der Waals surface area contributed by atoms with Gasteiger partial charge in [-0.15, -0.1) is 0 Å². The van der Waals surface area contributed by atoms with Gasteiger partial charge in [0, 0.05) is 27.8 Å². The quantitative estimate of drug-likeness (QED) is 0.638. The molecule has 3 heteroatoms. The van der Waals surface area contributed by atoms with E-state index in [1.807, 2.05) is 0 Å². The van der Waals surface area contributed by atoms with Crippen LogP contribution in [0.2, 0.25) is 0 Å². The van der Waals surface area contributed by atoms with Gasteiger partial charge in [0.25, 0.3) is 0 Å². The monoisotopic (exact) mass is 173 g/mol. The summed E-state index contributed by atoms with van der Waals surface area (Å²) in [6.07, 6.45) is 4.55. The molecule has 0 aromatic rings. The average molecular weight is 173 g/mol. The lowest BCUT2D eigenvalue weighted by atomic mass is 9.92. The van der Waals surface area contributed by atoms with Gasteiger partial charge < -0.3 is 14.2 Å². The van der Waals surface area contributed by atoms with E-state index in [0.29, 0.717) is 6.10 Å². The van der Waals surface area contributed by atoms with Crippen molar-refractivity contribution in [3.8, 4) is 0 Å². The second kappa shape index (κ2) is 4.80. The highest BCUT2D eigenvalue weighted by atomic mass is 16.5. The lowest BCUT2D eigenvalue weighted by molar-refractivity contribution is -0.0709. The number of methoxy groups -OCH3 is 3. The summed E-state index contributed by atoms with van der Waals surface area (Å²) in [5.41, 5.74) is 0. The molecule has 0 aromatic heterocycles. The molecule has 1 saturated carbocycles. The first-order valence-electron chi connectivity index (χ1n) is 4.23. The predicted molar refractivity (Wildman–Crippen MR) is 45.9 cm³/mol. The predicted octanol–water partition coefficient (Wildman–Crippen LogP) is 1.03. The van der Waals surface area contributed by atoms with E-state index in [1.165, 1.54) is 0 Å². The fourth-order valence-electron chi connectivity index (χ4n) is 1.60. The van der Waals surface area contributed by atoms with Crippen LogP contribution in [0.4, 0.5) is 0 Å². The summed E-state index contributed by atoms with van der Waals surface area (Å²) in [6, 6.07) is 0. The lowest BCUT2D eigenvalue weighted by Crippen LogP contribution is -2.39. The van der Waals surface area contributed by atoms with E-state index in [-0.39, 0.29) is 12.2 Å². The maximum absolute atomic E-state index is 5.29. The summed E-state index contributed by atoms with van der Waals surface area (Å²) < 4.78 is 15.8. The standard InChI is InChI=1S/C9H17O3/c1-10-7-4-5-8(11-2)9(6-7)12-3/h5,7-9H,4,6H2,1-3H3. The van der Waals surface area contributed by atoms with Crippen molar-refractivity contribution in [2.75, 3.05) is 21.3 Å². The maximum atomic E-state index is 5.29. The van der Waals surface area contributed by atoms with E-state index in [1.54, 1.807) is 21.3 Å². The van der Waals surface area contributed by atoms with Gasteiger partial charge in [-0.2, -0.15) is 0 Å². The molecular formula is C9H17O3. The summed E-state index contributed by atoms with van der Waals surface area (Å²) >= 11 is 0. The SMILES string of the molecule is COC1C[CH]C(OC)C(OC)C1. The molecule has 3 nitrogen and oxygen atoms in total. The van der Waals surface area contributed by atoms with Crippen LogP contribution in [0.3, 0.4) is 0 Å². The van der Waals surface area contributed by atoms with Crippen LogP contribution < -0.4 is 0 Å². The molecule has 0 bridgehead atoms. The van der Waals surface area contributed by atoms with Gasteiger partial charge >= 0.3 is 0 Å². The van der Waals surface area contributed by atoms with Gasteiger partial charge in [0.05, 0.1) is 18.3 Å². The molecule has 12 heavy (non-hydrogen) atoms. The van der Waals surface area contributed by atoms with Crippen LogP contribution >= 0.6 is 0 Å². The molecule has 3 atom stereocenters. The molecule has 1 rings (SSSR count). The van der Waals surface area contributed by atoms with Crippen molar-refractivity contribution in [2.24, 2.45) is 0 Å². The Morgan fingerprint density at radius 2 is 1.83 bits per heavy atom.